The Balaban J connectivity index is 1.10. The predicted molar refractivity (Wildman–Crippen MR) is 132 cm³/mol. The van der Waals surface area contributed by atoms with Crippen molar-refractivity contribution >= 4 is 23.6 Å². The van der Waals surface area contributed by atoms with E-state index in [-0.39, 0.29) is 17.5 Å². The molecule has 2 aromatic carbocycles. The quantitative estimate of drug-likeness (QED) is 0.612. The zero-order chi connectivity index (χ0) is 22.7. The van der Waals surface area contributed by atoms with Crippen molar-refractivity contribution in [2.24, 2.45) is 9.98 Å². The number of rotatable bonds is 5. The minimum Gasteiger partial charge on any atom is -0.363 e. The SMILES string of the molecule is O=C1NCC2(CC2)c2cc(NC3CC=NC(c4ccc(-n5cnc(C6CC6)c5)cc4)=N3)ccc21. The third kappa shape index (κ3) is 3.43. The number of nitrogens with zero attached hydrogens (tertiary/aromatic N) is 4. The molecule has 2 N–H and O–H groups in total. The standard InChI is InChI=1S/C27H26N6O/c34-26-21-8-5-19(13-22(21)27(10-11-27)15-29-26)31-24-9-12-28-25(32-24)18-3-6-20(7-4-18)33-14-23(30-16-33)17-1-2-17/h3-8,12-14,16-17,24,31H,1-2,9-11,15H2,(H,29,34). The van der Waals surface area contributed by atoms with Crippen LogP contribution in [-0.2, 0) is 5.41 Å². The number of imidazole rings is 1. The van der Waals surface area contributed by atoms with E-state index in [9.17, 15) is 4.79 Å². The Labute approximate surface area is 198 Å². The Bertz CT molecular complexity index is 1340. The van der Waals surface area contributed by atoms with Crippen LogP contribution in [0.4, 0.5) is 5.69 Å². The van der Waals surface area contributed by atoms with E-state index in [4.69, 9.17) is 4.99 Å². The van der Waals surface area contributed by atoms with Crippen molar-refractivity contribution in [3.8, 4) is 5.69 Å². The number of carbonyl (C=O) groups is 1. The van der Waals surface area contributed by atoms with Gasteiger partial charge in [-0.2, -0.15) is 0 Å². The van der Waals surface area contributed by atoms with Gasteiger partial charge < -0.3 is 15.2 Å². The number of nitrogens with one attached hydrogen (secondary N) is 2. The Kier molecular flexibility index (Phi) is 4.28. The number of carbonyl (C=O) groups excluding carboxylic acids is 1. The number of hydrogen-bond acceptors (Lipinski definition) is 5. The van der Waals surface area contributed by atoms with Gasteiger partial charge in [-0.25, -0.2) is 15.0 Å². The summed E-state index contributed by atoms with van der Waals surface area (Å²) in [5, 5.41) is 6.58. The van der Waals surface area contributed by atoms with Crippen LogP contribution in [-0.4, -0.2) is 40.2 Å². The van der Waals surface area contributed by atoms with Crippen molar-refractivity contribution in [2.45, 2.75) is 49.6 Å². The van der Waals surface area contributed by atoms with E-state index in [2.05, 4.69) is 61.7 Å². The molecule has 2 aliphatic heterocycles. The summed E-state index contributed by atoms with van der Waals surface area (Å²) in [5.41, 5.74) is 6.40. The zero-order valence-corrected chi connectivity index (χ0v) is 18.9. The van der Waals surface area contributed by atoms with Gasteiger partial charge >= 0.3 is 0 Å². The van der Waals surface area contributed by atoms with Crippen LogP contribution >= 0.6 is 0 Å². The minimum atomic E-state index is -0.0902. The van der Waals surface area contributed by atoms with Crippen LogP contribution < -0.4 is 10.6 Å². The van der Waals surface area contributed by atoms with E-state index in [1.54, 1.807) is 0 Å². The summed E-state index contributed by atoms with van der Waals surface area (Å²) in [6, 6.07) is 14.4. The maximum absolute atomic E-state index is 12.3. The molecule has 4 aliphatic rings. The van der Waals surface area contributed by atoms with Gasteiger partial charge in [-0.05, 0) is 73.7 Å². The van der Waals surface area contributed by atoms with Gasteiger partial charge in [-0.1, -0.05) is 0 Å². The third-order valence-corrected chi connectivity index (χ3v) is 7.45. The number of fused-ring (bicyclic) bond motifs is 2. The molecule has 2 saturated carbocycles. The van der Waals surface area contributed by atoms with Crippen LogP contribution in [0.5, 0.6) is 0 Å². The summed E-state index contributed by atoms with van der Waals surface area (Å²) >= 11 is 0. The molecule has 1 amide bonds. The smallest absolute Gasteiger partial charge is 0.251 e. The van der Waals surface area contributed by atoms with E-state index in [0.29, 0.717) is 5.92 Å². The molecule has 2 aliphatic carbocycles. The van der Waals surface area contributed by atoms with Crippen LogP contribution in [0.15, 0.2) is 65.0 Å². The minimum absolute atomic E-state index is 0.0343. The lowest BCUT2D eigenvalue weighted by Gasteiger charge is -2.27. The average Bonchev–Trinajstić information content (AvgIpc) is 3.81. The van der Waals surface area contributed by atoms with E-state index in [1.165, 1.54) is 24.1 Å². The van der Waals surface area contributed by atoms with Gasteiger partial charge in [-0.15, -0.1) is 0 Å². The first-order valence-corrected chi connectivity index (χ1v) is 12.1. The predicted octanol–water partition coefficient (Wildman–Crippen LogP) is 4.18. The van der Waals surface area contributed by atoms with Crippen LogP contribution in [0.25, 0.3) is 5.69 Å². The molecule has 3 heterocycles. The highest BCUT2D eigenvalue weighted by molar-refractivity contribution is 6.04. The van der Waals surface area contributed by atoms with E-state index in [0.717, 1.165) is 54.1 Å². The van der Waals surface area contributed by atoms with Crippen LogP contribution in [0.2, 0.25) is 0 Å². The molecule has 170 valence electrons. The molecule has 34 heavy (non-hydrogen) atoms. The van der Waals surface area contributed by atoms with Gasteiger partial charge in [0.05, 0.1) is 12.0 Å². The first kappa shape index (κ1) is 19.7. The molecule has 2 fully saturated rings. The van der Waals surface area contributed by atoms with E-state index >= 15 is 0 Å². The highest BCUT2D eigenvalue weighted by Gasteiger charge is 2.48. The summed E-state index contributed by atoms with van der Waals surface area (Å²) in [6.07, 6.45) is 11.4. The van der Waals surface area contributed by atoms with E-state index < -0.39 is 0 Å². The normalized spacial score (nSPS) is 22.2. The van der Waals surface area contributed by atoms with Crippen LogP contribution in [0, 0.1) is 0 Å². The maximum Gasteiger partial charge on any atom is 0.251 e. The maximum atomic E-state index is 12.3. The van der Waals surface area contributed by atoms with Gasteiger partial charge in [0.1, 0.15) is 6.17 Å². The molecule has 0 saturated heterocycles. The monoisotopic (exact) mass is 450 g/mol. The number of amides is 1. The van der Waals surface area contributed by atoms with Gasteiger partial charge in [0.15, 0.2) is 5.84 Å². The second kappa shape index (κ2) is 7.38. The lowest BCUT2D eigenvalue weighted by atomic mass is 9.87. The first-order chi connectivity index (χ1) is 16.7. The number of hydrogen-bond donors (Lipinski definition) is 2. The fourth-order valence-electron chi connectivity index (χ4n) is 5.06. The molecular formula is C27H26N6O. The van der Waals surface area contributed by atoms with Crippen LogP contribution in [0.3, 0.4) is 0 Å². The fraction of sp³-hybridized carbons (Fsp3) is 0.333. The highest BCUT2D eigenvalue weighted by atomic mass is 16.1. The van der Waals surface area contributed by atoms with Crippen molar-refractivity contribution in [3.63, 3.8) is 0 Å². The highest BCUT2D eigenvalue weighted by Crippen LogP contribution is 2.51. The topological polar surface area (TPSA) is 83.7 Å². The summed E-state index contributed by atoms with van der Waals surface area (Å²) in [5.74, 6) is 1.42. The average molecular weight is 451 g/mol. The lowest BCUT2D eigenvalue weighted by Crippen LogP contribution is -2.39. The van der Waals surface area contributed by atoms with Crippen molar-refractivity contribution < 1.29 is 4.79 Å². The Hall–Kier alpha value is -3.74. The summed E-state index contributed by atoms with van der Waals surface area (Å²) in [7, 11) is 0. The zero-order valence-electron chi connectivity index (χ0n) is 18.9. The Morgan fingerprint density at radius 1 is 1.09 bits per heavy atom. The molecule has 7 heteroatoms. The molecule has 1 unspecified atom stereocenters. The Morgan fingerprint density at radius 3 is 2.74 bits per heavy atom. The van der Waals surface area contributed by atoms with E-state index in [1.807, 2.05) is 24.7 Å². The molecule has 1 aromatic heterocycles. The lowest BCUT2D eigenvalue weighted by molar-refractivity contribution is 0.0937. The van der Waals surface area contributed by atoms with Crippen molar-refractivity contribution in [2.75, 3.05) is 11.9 Å². The number of aromatic nitrogens is 2. The third-order valence-electron chi connectivity index (χ3n) is 7.45. The summed E-state index contributed by atoms with van der Waals surface area (Å²) in [6.45, 7) is 0.748. The second-order valence-electron chi connectivity index (χ2n) is 9.91. The number of anilines is 1. The number of benzene rings is 2. The molecule has 7 nitrogen and oxygen atoms in total. The number of aliphatic imine (C=N–C) groups is 2. The molecular weight excluding hydrogens is 424 g/mol. The molecule has 1 atom stereocenters. The molecule has 1 spiro atoms. The number of amidine groups is 1. The van der Waals surface area contributed by atoms with Gasteiger partial charge in [-0.3, -0.25) is 4.79 Å². The summed E-state index contributed by atoms with van der Waals surface area (Å²) in [4.78, 5) is 26.2. The second-order valence-corrected chi connectivity index (χ2v) is 9.91. The van der Waals surface area contributed by atoms with Crippen LogP contribution in [0.1, 0.15) is 65.2 Å². The largest absolute Gasteiger partial charge is 0.363 e. The van der Waals surface area contributed by atoms with Crippen molar-refractivity contribution in [1.29, 1.82) is 0 Å². The summed E-state index contributed by atoms with van der Waals surface area (Å²) < 4.78 is 2.08. The molecule has 0 bridgehead atoms. The van der Waals surface area contributed by atoms with Gasteiger partial charge in [0.25, 0.3) is 5.91 Å². The van der Waals surface area contributed by atoms with Crippen molar-refractivity contribution in [3.05, 3.63) is 77.4 Å². The first-order valence-electron chi connectivity index (χ1n) is 12.1. The fourth-order valence-corrected chi connectivity index (χ4v) is 5.06. The molecule has 0 radical (unpaired) electrons. The van der Waals surface area contributed by atoms with Gasteiger partial charge in [0, 0.05) is 59.2 Å². The molecule has 3 aromatic rings. The van der Waals surface area contributed by atoms with Gasteiger partial charge in [0.2, 0.25) is 0 Å². The molecule has 7 rings (SSSR count). The Morgan fingerprint density at radius 2 is 1.94 bits per heavy atom. The van der Waals surface area contributed by atoms with Crippen molar-refractivity contribution in [1.82, 2.24) is 14.9 Å².